The van der Waals surface area contributed by atoms with Gasteiger partial charge in [0.05, 0.1) is 18.1 Å². The van der Waals surface area contributed by atoms with Crippen LogP contribution in [0.3, 0.4) is 0 Å². The van der Waals surface area contributed by atoms with Crippen molar-refractivity contribution in [1.82, 2.24) is 4.72 Å². The molecular weight excluding hydrogens is 404 g/mol. The minimum Gasteiger partial charge on any atom is -0.490 e. The summed E-state index contributed by atoms with van der Waals surface area (Å²) in [5.41, 5.74) is 0.571. The fraction of sp³-hybridized carbons (Fsp3) is 0.227. The van der Waals surface area contributed by atoms with Crippen LogP contribution in [0.4, 0.5) is 5.69 Å². The molecule has 4 rings (SSSR count). The summed E-state index contributed by atoms with van der Waals surface area (Å²) >= 11 is 0. The van der Waals surface area contributed by atoms with E-state index in [1.54, 1.807) is 36.4 Å². The summed E-state index contributed by atoms with van der Waals surface area (Å²) in [6, 6.07) is 17.7. The number of hydrogen-bond donors (Lipinski definition) is 2. The molecule has 0 bridgehead atoms. The van der Waals surface area contributed by atoms with Gasteiger partial charge in [-0.25, -0.2) is 13.1 Å². The van der Waals surface area contributed by atoms with Crippen LogP contribution in [0.2, 0.25) is 0 Å². The Bertz CT molecular complexity index is 1180. The number of anilines is 1. The Balaban J connectivity index is 1.34. The Hall–Kier alpha value is -3.10. The number of fused-ring (bicyclic) bond motifs is 2. The zero-order valence-electron chi connectivity index (χ0n) is 16.3. The van der Waals surface area contributed by atoms with E-state index >= 15 is 0 Å². The Morgan fingerprint density at radius 1 is 0.900 bits per heavy atom. The molecular formula is C22H22N2O5S. The number of nitrogens with one attached hydrogen (secondary N) is 2. The summed E-state index contributed by atoms with van der Waals surface area (Å²) in [5, 5.41) is 4.56. The molecule has 0 spiro atoms. The number of amides is 1. The van der Waals surface area contributed by atoms with Crippen molar-refractivity contribution >= 4 is 32.4 Å². The third kappa shape index (κ3) is 4.72. The molecule has 0 saturated heterocycles. The Kier molecular flexibility index (Phi) is 5.87. The van der Waals surface area contributed by atoms with Crippen molar-refractivity contribution in [3.63, 3.8) is 0 Å². The molecule has 0 aromatic heterocycles. The van der Waals surface area contributed by atoms with Gasteiger partial charge < -0.3 is 14.8 Å². The van der Waals surface area contributed by atoms with Gasteiger partial charge in [-0.15, -0.1) is 0 Å². The van der Waals surface area contributed by atoms with E-state index in [0.29, 0.717) is 30.4 Å². The molecule has 0 radical (unpaired) electrons. The summed E-state index contributed by atoms with van der Waals surface area (Å²) in [6.07, 6.45) is 0.801. The number of rotatable bonds is 6. The smallest absolute Gasteiger partial charge is 0.240 e. The molecule has 1 aliphatic rings. The fourth-order valence-corrected chi connectivity index (χ4v) is 4.25. The first kappa shape index (κ1) is 20.2. The average molecular weight is 426 g/mol. The van der Waals surface area contributed by atoms with Gasteiger partial charge in [-0.2, -0.15) is 0 Å². The van der Waals surface area contributed by atoms with Crippen molar-refractivity contribution in [3.05, 3.63) is 60.7 Å². The maximum Gasteiger partial charge on any atom is 0.240 e. The fourth-order valence-electron chi connectivity index (χ4n) is 3.18. The van der Waals surface area contributed by atoms with Crippen molar-refractivity contribution in [1.29, 1.82) is 0 Å². The maximum absolute atomic E-state index is 12.5. The van der Waals surface area contributed by atoms with Crippen LogP contribution in [0.1, 0.15) is 12.8 Å². The topological polar surface area (TPSA) is 93.7 Å². The van der Waals surface area contributed by atoms with Crippen LogP contribution in [-0.2, 0) is 14.8 Å². The molecule has 0 fully saturated rings. The van der Waals surface area contributed by atoms with E-state index in [-0.39, 0.29) is 23.8 Å². The third-order valence-corrected chi connectivity index (χ3v) is 6.17. The predicted octanol–water partition coefficient (Wildman–Crippen LogP) is 3.31. The van der Waals surface area contributed by atoms with Crippen LogP contribution in [0.5, 0.6) is 11.5 Å². The van der Waals surface area contributed by atoms with Crippen LogP contribution in [0, 0.1) is 0 Å². The average Bonchev–Trinajstić information content (AvgIpc) is 2.98. The molecule has 2 N–H and O–H groups in total. The van der Waals surface area contributed by atoms with Crippen molar-refractivity contribution in [3.8, 4) is 11.5 Å². The first-order valence-corrected chi connectivity index (χ1v) is 11.2. The van der Waals surface area contributed by atoms with Gasteiger partial charge >= 0.3 is 0 Å². The quantitative estimate of drug-likeness (QED) is 0.631. The third-order valence-electron chi connectivity index (χ3n) is 4.71. The molecule has 1 heterocycles. The molecule has 3 aromatic carbocycles. The van der Waals surface area contributed by atoms with Gasteiger partial charge in [0.1, 0.15) is 0 Å². The van der Waals surface area contributed by atoms with Gasteiger partial charge in [-0.3, -0.25) is 4.79 Å². The van der Waals surface area contributed by atoms with E-state index in [1.807, 2.05) is 24.3 Å². The number of carbonyl (C=O) groups excluding carboxylic acids is 1. The second kappa shape index (κ2) is 8.73. The van der Waals surface area contributed by atoms with Gasteiger partial charge in [-0.1, -0.05) is 30.3 Å². The minimum atomic E-state index is -3.70. The van der Waals surface area contributed by atoms with Crippen LogP contribution in [0.25, 0.3) is 10.8 Å². The molecule has 3 aromatic rings. The lowest BCUT2D eigenvalue weighted by Gasteiger charge is -2.11. The number of sulfonamides is 1. The number of ether oxygens (including phenoxy) is 2. The van der Waals surface area contributed by atoms with E-state index < -0.39 is 10.0 Å². The van der Waals surface area contributed by atoms with Crippen molar-refractivity contribution < 1.29 is 22.7 Å². The lowest BCUT2D eigenvalue weighted by atomic mass is 10.1. The molecule has 156 valence electrons. The molecule has 1 aliphatic heterocycles. The van der Waals surface area contributed by atoms with Gasteiger partial charge in [-0.05, 0) is 35.0 Å². The maximum atomic E-state index is 12.5. The molecule has 0 unspecified atom stereocenters. The molecule has 0 saturated carbocycles. The normalized spacial score (nSPS) is 13.6. The molecule has 0 aliphatic carbocycles. The van der Waals surface area contributed by atoms with E-state index in [1.165, 1.54) is 0 Å². The molecule has 0 atom stereocenters. The summed E-state index contributed by atoms with van der Waals surface area (Å²) in [5.74, 6) is 0.932. The highest BCUT2D eigenvalue weighted by atomic mass is 32.2. The molecule has 7 nitrogen and oxygen atoms in total. The standard InChI is InChI=1S/C22H22N2O5S/c25-22(24-18-7-9-20-21(15-18)29-13-3-12-28-20)10-11-23-30(26,27)19-8-6-16-4-1-2-5-17(16)14-19/h1-2,4-9,14-15,23H,3,10-13H2,(H,24,25). The summed E-state index contributed by atoms with van der Waals surface area (Å²) in [6.45, 7) is 1.14. The highest BCUT2D eigenvalue weighted by Crippen LogP contribution is 2.32. The Labute approximate surface area is 175 Å². The lowest BCUT2D eigenvalue weighted by Crippen LogP contribution is -2.27. The molecule has 1 amide bonds. The van der Waals surface area contributed by atoms with Crippen LogP contribution in [0.15, 0.2) is 65.6 Å². The lowest BCUT2D eigenvalue weighted by molar-refractivity contribution is -0.116. The SMILES string of the molecule is O=C(CCNS(=O)(=O)c1ccc2ccccc2c1)Nc1ccc2c(c1)OCCCO2. The number of hydrogen-bond acceptors (Lipinski definition) is 5. The van der Waals surface area contributed by atoms with E-state index in [0.717, 1.165) is 17.2 Å². The van der Waals surface area contributed by atoms with E-state index in [9.17, 15) is 13.2 Å². The second-order valence-electron chi connectivity index (χ2n) is 6.92. The second-order valence-corrected chi connectivity index (χ2v) is 8.68. The zero-order valence-corrected chi connectivity index (χ0v) is 17.1. The predicted molar refractivity (Wildman–Crippen MR) is 114 cm³/mol. The molecule has 8 heteroatoms. The van der Waals surface area contributed by atoms with Gasteiger partial charge in [0.15, 0.2) is 11.5 Å². The first-order chi connectivity index (χ1) is 14.5. The van der Waals surface area contributed by atoms with Gasteiger partial charge in [0.2, 0.25) is 15.9 Å². The summed E-state index contributed by atoms with van der Waals surface area (Å²) in [7, 11) is -3.70. The van der Waals surface area contributed by atoms with Gasteiger partial charge in [0, 0.05) is 31.1 Å². The summed E-state index contributed by atoms with van der Waals surface area (Å²) < 4.78 is 38.7. The van der Waals surface area contributed by atoms with Crippen molar-refractivity contribution in [2.75, 3.05) is 25.1 Å². The minimum absolute atomic E-state index is 0.00124. The molecule has 30 heavy (non-hydrogen) atoms. The van der Waals surface area contributed by atoms with Crippen LogP contribution >= 0.6 is 0 Å². The van der Waals surface area contributed by atoms with E-state index in [2.05, 4.69) is 10.0 Å². The van der Waals surface area contributed by atoms with Crippen molar-refractivity contribution in [2.24, 2.45) is 0 Å². The number of benzene rings is 3. The largest absolute Gasteiger partial charge is 0.490 e. The first-order valence-electron chi connectivity index (χ1n) is 9.69. The summed E-state index contributed by atoms with van der Waals surface area (Å²) in [4.78, 5) is 12.4. The van der Waals surface area contributed by atoms with Crippen LogP contribution in [-0.4, -0.2) is 34.1 Å². The highest BCUT2D eigenvalue weighted by molar-refractivity contribution is 7.89. The van der Waals surface area contributed by atoms with Crippen molar-refractivity contribution in [2.45, 2.75) is 17.7 Å². The Morgan fingerprint density at radius 3 is 2.50 bits per heavy atom. The Morgan fingerprint density at radius 2 is 1.67 bits per heavy atom. The monoisotopic (exact) mass is 426 g/mol. The number of carbonyl (C=O) groups is 1. The van der Waals surface area contributed by atoms with E-state index in [4.69, 9.17) is 9.47 Å². The van der Waals surface area contributed by atoms with Crippen LogP contribution < -0.4 is 19.5 Å². The van der Waals surface area contributed by atoms with Gasteiger partial charge in [0.25, 0.3) is 0 Å². The highest BCUT2D eigenvalue weighted by Gasteiger charge is 2.16. The zero-order chi connectivity index (χ0) is 21.0.